The van der Waals surface area contributed by atoms with Crippen LogP contribution in [0.5, 0.6) is 17.2 Å². The molecule has 0 saturated heterocycles. The molecule has 0 bridgehead atoms. The molecule has 0 spiro atoms. The Morgan fingerprint density at radius 2 is 1.57 bits per heavy atom. The molecule has 2 rings (SSSR count). The molecule has 0 aliphatic carbocycles. The third kappa shape index (κ3) is 4.97. The van der Waals surface area contributed by atoms with E-state index in [0.29, 0.717) is 17.2 Å². The van der Waals surface area contributed by atoms with Crippen LogP contribution in [0.1, 0.15) is 30.9 Å². The summed E-state index contributed by atoms with van der Waals surface area (Å²) in [7, 11) is 4.74. The third-order valence-corrected chi connectivity index (χ3v) is 4.92. The Morgan fingerprint density at radius 3 is 2.07 bits per heavy atom. The second-order valence-corrected chi connectivity index (χ2v) is 7.35. The number of rotatable bonds is 8. The van der Waals surface area contributed by atoms with Crippen molar-refractivity contribution in [1.82, 2.24) is 0 Å². The van der Waals surface area contributed by atoms with E-state index in [1.54, 1.807) is 41.2 Å². The highest BCUT2D eigenvalue weighted by Gasteiger charge is 2.32. The molecule has 2 atom stereocenters. The van der Waals surface area contributed by atoms with E-state index in [0.717, 1.165) is 15.6 Å². The molecule has 0 heterocycles. The summed E-state index contributed by atoms with van der Waals surface area (Å²) in [6, 6.07) is 10.1. The fraction of sp³-hybridized carbons (Fsp3) is 0.381. The van der Waals surface area contributed by atoms with Crippen molar-refractivity contribution in [2.45, 2.75) is 31.9 Å². The van der Waals surface area contributed by atoms with Gasteiger partial charge < -0.3 is 24.7 Å². The summed E-state index contributed by atoms with van der Waals surface area (Å²) in [5.41, 5.74) is 7.96. The van der Waals surface area contributed by atoms with Crippen LogP contribution >= 0.6 is 15.9 Å². The van der Waals surface area contributed by atoms with Crippen molar-refractivity contribution >= 4 is 21.9 Å². The predicted octanol–water partition coefficient (Wildman–Crippen LogP) is 3.89. The highest BCUT2D eigenvalue weighted by atomic mass is 79.9. The van der Waals surface area contributed by atoms with Crippen LogP contribution < -0.4 is 19.9 Å². The standard InChI is InChI=1S/C21H26BrNO5/c1-12(2)28-21(24)20(23)19(13-6-8-14(25-3)9-7-13)15-10-16(22)18(27-5)11-17(15)26-4/h6-12,19-20H,23H2,1-5H3/t19-,20-/m0/s1. The molecule has 2 aromatic rings. The summed E-state index contributed by atoms with van der Waals surface area (Å²) in [6.45, 7) is 3.58. The minimum Gasteiger partial charge on any atom is -0.497 e. The molecule has 2 N–H and O–H groups in total. The lowest BCUT2D eigenvalue weighted by atomic mass is 9.84. The fourth-order valence-electron chi connectivity index (χ4n) is 2.96. The molecular formula is C21H26BrNO5. The number of methoxy groups -OCH3 is 3. The van der Waals surface area contributed by atoms with Crippen molar-refractivity contribution < 1.29 is 23.7 Å². The Labute approximate surface area is 174 Å². The number of ether oxygens (including phenoxy) is 4. The molecule has 0 aromatic heterocycles. The first-order valence-corrected chi connectivity index (χ1v) is 9.63. The van der Waals surface area contributed by atoms with Gasteiger partial charge in [0.2, 0.25) is 0 Å². The summed E-state index contributed by atoms with van der Waals surface area (Å²) in [4.78, 5) is 12.6. The zero-order valence-electron chi connectivity index (χ0n) is 16.7. The second kappa shape index (κ2) is 9.80. The van der Waals surface area contributed by atoms with Crippen LogP contribution in [-0.4, -0.2) is 39.4 Å². The number of carbonyl (C=O) groups excluding carboxylic acids is 1. The number of benzene rings is 2. The lowest BCUT2D eigenvalue weighted by molar-refractivity contribution is -0.149. The number of hydrogen-bond donors (Lipinski definition) is 1. The minimum absolute atomic E-state index is 0.264. The topological polar surface area (TPSA) is 80.0 Å². The Morgan fingerprint density at radius 1 is 0.964 bits per heavy atom. The van der Waals surface area contributed by atoms with Gasteiger partial charge in [-0.2, -0.15) is 0 Å². The summed E-state index contributed by atoms with van der Waals surface area (Å²) in [5, 5.41) is 0. The van der Waals surface area contributed by atoms with E-state index in [1.165, 1.54) is 0 Å². The molecular weight excluding hydrogens is 426 g/mol. The summed E-state index contributed by atoms with van der Waals surface area (Å²) in [6.07, 6.45) is -0.264. The molecule has 0 aliphatic heterocycles. The van der Waals surface area contributed by atoms with E-state index in [-0.39, 0.29) is 6.10 Å². The van der Waals surface area contributed by atoms with Crippen LogP contribution in [0.25, 0.3) is 0 Å². The first-order chi connectivity index (χ1) is 13.3. The highest BCUT2D eigenvalue weighted by Crippen LogP contribution is 2.40. The quantitative estimate of drug-likeness (QED) is 0.613. The second-order valence-electron chi connectivity index (χ2n) is 6.49. The van der Waals surface area contributed by atoms with E-state index in [1.807, 2.05) is 30.3 Å². The molecule has 28 heavy (non-hydrogen) atoms. The van der Waals surface area contributed by atoms with Gasteiger partial charge in [-0.25, -0.2) is 0 Å². The van der Waals surface area contributed by atoms with Crippen molar-refractivity contribution in [1.29, 1.82) is 0 Å². The number of hydrogen-bond acceptors (Lipinski definition) is 6. The molecule has 2 aromatic carbocycles. The van der Waals surface area contributed by atoms with Crippen LogP contribution in [0.15, 0.2) is 40.9 Å². The van der Waals surface area contributed by atoms with Crippen molar-refractivity contribution in [3.05, 3.63) is 52.0 Å². The molecule has 152 valence electrons. The first kappa shape index (κ1) is 22.0. The van der Waals surface area contributed by atoms with E-state index in [9.17, 15) is 4.79 Å². The molecule has 7 heteroatoms. The summed E-state index contributed by atoms with van der Waals surface area (Å²) in [5.74, 6) is 0.920. The molecule has 0 unspecified atom stereocenters. The fourth-order valence-corrected chi connectivity index (χ4v) is 3.49. The van der Waals surface area contributed by atoms with Gasteiger partial charge in [-0.3, -0.25) is 4.79 Å². The van der Waals surface area contributed by atoms with Crippen LogP contribution in [-0.2, 0) is 9.53 Å². The molecule has 0 fully saturated rings. The van der Waals surface area contributed by atoms with Gasteiger partial charge in [0.05, 0.1) is 31.9 Å². The smallest absolute Gasteiger partial charge is 0.324 e. The molecule has 0 saturated carbocycles. The Hall–Kier alpha value is -2.25. The maximum atomic E-state index is 12.6. The van der Waals surface area contributed by atoms with Crippen molar-refractivity contribution in [3.63, 3.8) is 0 Å². The maximum absolute atomic E-state index is 12.6. The van der Waals surface area contributed by atoms with Crippen LogP contribution in [0, 0.1) is 0 Å². The average Bonchev–Trinajstić information content (AvgIpc) is 2.68. The number of nitrogens with two attached hydrogens (primary N) is 1. The number of esters is 1. The average molecular weight is 452 g/mol. The van der Waals surface area contributed by atoms with Crippen LogP contribution in [0.4, 0.5) is 0 Å². The van der Waals surface area contributed by atoms with Gasteiger partial charge in [-0.05, 0) is 53.5 Å². The molecule has 6 nitrogen and oxygen atoms in total. The minimum atomic E-state index is -0.926. The first-order valence-electron chi connectivity index (χ1n) is 8.83. The van der Waals surface area contributed by atoms with Crippen LogP contribution in [0.2, 0.25) is 0 Å². The zero-order chi connectivity index (χ0) is 20.8. The molecule has 0 aliphatic rings. The largest absolute Gasteiger partial charge is 0.497 e. The SMILES string of the molecule is COc1ccc([C@@H](c2cc(Br)c(OC)cc2OC)[C@H](N)C(=O)OC(C)C)cc1. The zero-order valence-corrected chi connectivity index (χ0v) is 18.3. The van der Waals surface area contributed by atoms with Gasteiger partial charge in [-0.15, -0.1) is 0 Å². The van der Waals surface area contributed by atoms with Gasteiger partial charge >= 0.3 is 5.97 Å². The van der Waals surface area contributed by atoms with Crippen LogP contribution in [0.3, 0.4) is 0 Å². The van der Waals surface area contributed by atoms with Crippen molar-refractivity contribution in [3.8, 4) is 17.2 Å². The van der Waals surface area contributed by atoms with E-state index >= 15 is 0 Å². The lowest BCUT2D eigenvalue weighted by Crippen LogP contribution is -2.40. The third-order valence-electron chi connectivity index (χ3n) is 4.30. The van der Waals surface area contributed by atoms with Gasteiger partial charge in [0.15, 0.2) is 0 Å². The Bertz CT molecular complexity index is 807. The predicted molar refractivity (Wildman–Crippen MR) is 111 cm³/mol. The number of carbonyl (C=O) groups is 1. The van der Waals surface area contributed by atoms with Crippen molar-refractivity contribution in [2.75, 3.05) is 21.3 Å². The monoisotopic (exact) mass is 451 g/mol. The normalized spacial score (nSPS) is 13.0. The Kier molecular flexibility index (Phi) is 7.71. The van der Waals surface area contributed by atoms with Gasteiger partial charge in [0, 0.05) is 17.5 Å². The molecule has 0 amide bonds. The van der Waals surface area contributed by atoms with E-state index in [4.69, 9.17) is 24.7 Å². The van der Waals surface area contributed by atoms with Crippen molar-refractivity contribution in [2.24, 2.45) is 5.73 Å². The van der Waals surface area contributed by atoms with E-state index in [2.05, 4.69) is 15.9 Å². The maximum Gasteiger partial charge on any atom is 0.324 e. The van der Waals surface area contributed by atoms with Gasteiger partial charge in [0.25, 0.3) is 0 Å². The number of halogens is 1. The molecule has 0 radical (unpaired) electrons. The van der Waals surface area contributed by atoms with E-state index < -0.39 is 17.9 Å². The van der Waals surface area contributed by atoms with Gasteiger partial charge in [0.1, 0.15) is 23.3 Å². The lowest BCUT2D eigenvalue weighted by Gasteiger charge is -2.26. The Balaban J connectivity index is 2.60. The van der Waals surface area contributed by atoms with Gasteiger partial charge in [-0.1, -0.05) is 12.1 Å². The highest BCUT2D eigenvalue weighted by molar-refractivity contribution is 9.10. The summed E-state index contributed by atoms with van der Waals surface area (Å²) >= 11 is 3.50. The summed E-state index contributed by atoms with van der Waals surface area (Å²) < 4.78 is 22.3.